The van der Waals surface area contributed by atoms with E-state index in [2.05, 4.69) is 21.2 Å². The van der Waals surface area contributed by atoms with Gasteiger partial charge in [-0.3, -0.25) is 19.7 Å². The molecule has 0 heterocycles. The van der Waals surface area contributed by atoms with E-state index in [1.165, 1.54) is 25.1 Å². The van der Waals surface area contributed by atoms with Gasteiger partial charge in [-0.05, 0) is 47.1 Å². The lowest BCUT2D eigenvalue weighted by Gasteiger charge is -2.07. The maximum atomic E-state index is 12.1. The Balaban J connectivity index is 2.26. The first-order valence-electron chi connectivity index (χ1n) is 6.25. The SMILES string of the molecule is CC(=O)c1cccc(NC(=O)c2ccc(Br)c([N+](=O)[O-])c2)c1. The van der Waals surface area contributed by atoms with Gasteiger partial charge in [0.25, 0.3) is 11.6 Å². The number of nitro benzene ring substituents is 1. The molecule has 0 aromatic heterocycles. The fourth-order valence-electron chi connectivity index (χ4n) is 1.81. The molecular weight excluding hydrogens is 352 g/mol. The summed E-state index contributed by atoms with van der Waals surface area (Å²) in [4.78, 5) is 33.8. The molecule has 0 saturated heterocycles. The molecule has 2 aromatic rings. The molecule has 1 N–H and O–H groups in total. The molecule has 0 saturated carbocycles. The number of halogens is 1. The van der Waals surface area contributed by atoms with E-state index in [1.807, 2.05) is 0 Å². The number of benzene rings is 2. The number of anilines is 1. The Kier molecular flexibility index (Phi) is 4.67. The largest absolute Gasteiger partial charge is 0.322 e. The highest BCUT2D eigenvalue weighted by atomic mass is 79.9. The van der Waals surface area contributed by atoms with Crippen LogP contribution in [0.4, 0.5) is 11.4 Å². The van der Waals surface area contributed by atoms with E-state index in [0.717, 1.165) is 0 Å². The van der Waals surface area contributed by atoms with Gasteiger partial charge in [0, 0.05) is 22.9 Å². The van der Waals surface area contributed by atoms with Crippen LogP contribution in [0.25, 0.3) is 0 Å². The minimum atomic E-state index is -0.572. The zero-order valence-electron chi connectivity index (χ0n) is 11.5. The van der Waals surface area contributed by atoms with Crippen LogP contribution in [0.15, 0.2) is 46.9 Å². The standard InChI is InChI=1S/C15H11BrN2O4/c1-9(19)10-3-2-4-12(7-10)17-15(20)11-5-6-13(16)14(8-11)18(21)22/h2-8H,1H3,(H,17,20). The van der Waals surface area contributed by atoms with Gasteiger partial charge in [-0.15, -0.1) is 0 Å². The Morgan fingerprint density at radius 1 is 1.14 bits per heavy atom. The molecule has 0 fully saturated rings. The Hall–Kier alpha value is -2.54. The van der Waals surface area contributed by atoms with E-state index in [9.17, 15) is 19.7 Å². The number of carbonyl (C=O) groups excluding carboxylic acids is 2. The topological polar surface area (TPSA) is 89.3 Å². The van der Waals surface area contributed by atoms with Crippen LogP contribution >= 0.6 is 15.9 Å². The van der Waals surface area contributed by atoms with Crippen molar-refractivity contribution in [3.63, 3.8) is 0 Å². The van der Waals surface area contributed by atoms with E-state index in [1.54, 1.807) is 24.3 Å². The molecule has 2 rings (SSSR count). The second-order valence-electron chi connectivity index (χ2n) is 4.51. The Bertz CT molecular complexity index is 774. The van der Waals surface area contributed by atoms with Crippen molar-refractivity contribution in [2.75, 3.05) is 5.32 Å². The van der Waals surface area contributed by atoms with E-state index in [-0.39, 0.29) is 17.0 Å². The third kappa shape index (κ3) is 3.56. The summed E-state index contributed by atoms with van der Waals surface area (Å²) in [5.74, 6) is -0.605. The van der Waals surface area contributed by atoms with Gasteiger partial charge in [-0.1, -0.05) is 12.1 Å². The number of hydrogen-bond donors (Lipinski definition) is 1. The smallest absolute Gasteiger partial charge is 0.284 e. The summed E-state index contributed by atoms with van der Waals surface area (Å²) in [6.07, 6.45) is 0. The zero-order valence-corrected chi connectivity index (χ0v) is 13.1. The first kappa shape index (κ1) is 15.8. The summed E-state index contributed by atoms with van der Waals surface area (Å²) in [6, 6.07) is 10.6. The molecule has 0 atom stereocenters. The fourth-order valence-corrected chi connectivity index (χ4v) is 2.20. The van der Waals surface area contributed by atoms with E-state index >= 15 is 0 Å². The molecule has 22 heavy (non-hydrogen) atoms. The molecule has 7 heteroatoms. The number of amides is 1. The minimum absolute atomic E-state index is 0.115. The molecule has 0 unspecified atom stereocenters. The number of rotatable bonds is 4. The van der Waals surface area contributed by atoms with Gasteiger partial charge >= 0.3 is 0 Å². The maximum absolute atomic E-state index is 12.1. The van der Waals surface area contributed by atoms with E-state index < -0.39 is 10.8 Å². The molecule has 112 valence electrons. The fraction of sp³-hybridized carbons (Fsp3) is 0.0667. The Labute approximate surface area is 134 Å². The van der Waals surface area contributed by atoms with Crippen LogP contribution in [0, 0.1) is 10.1 Å². The van der Waals surface area contributed by atoms with Crippen molar-refractivity contribution in [2.45, 2.75) is 6.92 Å². The highest BCUT2D eigenvalue weighted by Crippen LogP contribution is 2.26. The van der Waals surface area contributed by atoms with Gasteiger partial charge in [-0.25, -0.2) is 0 Å². The first-order chi connectivity index (χ1) is 10.4. The Morgan fingerprint density at radius 2 is 1.86 bits per heavy atom. The molecular formula is C15H11BrN2O4. The average Bonchev–Trinajstić information content (AvgIpc) is 2.47. The number of nitrogens with zero attached hydrogens (tertiary/aromatic N) is 1. The maximum Gasteiger partial charge on any atom is 0.284 e. The highest BCUT2D eigenvalue weighted by Gasteiger charge is 2.16. The van der Waals surface area contributed by atoms with Crippen LogP contribution < -0.4 is 5.32 Å². The van der Waals surface area contributed by atoms with Gasteiger partial charge in [0.1, 0.15) is 0 Å². The molecule has 0 aliphatic carbocycles. The van der Waals surface area contributed by atoms with Crippen molar-refractivity contribution in [1.29, 1.82) is 0 Å². The molecule has 0 bridgehead atoms. The van der Waals surface area contributed by atoms with Gasteiger partial charge < -0.3 is 5.32 Å². The van der Waals surface area contributed by atoms with Gasteiger partial charge in [0.15, 0.2) is 5.78 Å². The van der Waals surface area contributed by atoms with Gasteiger partial charge in [0.2, 0.25) is 0 Å². The van der Waals surface area contributed by atoms with Crippen molar-refractivity contribution >= 4 is 39.0 Å². The predicted octanol–water partition coefficient (Wildman–Crippen LogP) is 3.81. The van der Waals surface area contributed by atoms with E-state index in [0.29, 0.717) is 15.7 Å². The first-order valence-corrected chi connectivity index (χ1v) is 7.04. The second kappa shape index (κ2) is 6.48. The lowest BCUT2D eigenvalue weighted by molar-refractivity contribution is -0.385. The second-order valence-corrected chi connectivity index (χ2v) is 5.37. The molecule has 0 spiro atoms. The van der Waals surface area contributed by atoms with Crippen molar-refractivity contribution < 1.29 is 14.5 Å². The summed E-state index contributed by atoms with van der Waals surface area (Å²) in [6.45, 7) is 1.43. The molecule has 2 aromatic carbocycles. The lowest BCUT2D eigenvalue weighted by Crippen LogP contribution is -2.12. The Morgan fingerprint density at radius 3 is 2.50 bits per heavy atom. The quantitative estimate of drug-likeness (QED) is 0.508. The van der Waals surface area contributed by atoms with Crippen LogP contribution in [0.5, 0.6) is 0 Å². The summed E-state index contributed by atoms with van der Waals surface area (Å²) >= 11 is 3.06. The normalized spacial score (nSPS) is 10.1. The van der Waals surface area contributed by atoms with Crippen LogP contribution in [0.3, 0.4) is 0 Å². The summed E-state index contributed by atoms with van der Waals surface area (Å²) in [7, 11) is 0. The van der Waals surface area contributed by atoms with Gasteiger partial charge in [-0.2, -0.15) is 0 Å². The van der Waals surface area contributed by atoms with E-state index in [4.69, 9.17) is 0 Å². The number of carbonyl (C=O) groups is 2. The third-order valence-corrected chi connectivity index (χ3v) is 3.60. The highest BCUT2D eigenvalue weighted by molar-refractivity contribution is 9.10. The molecule has 0 aliphatic rings. The minimum Gasteiger partial charge on any atom is -0.322 e. The predicted molar refractivity (Wildman–Crippen MR) is 85.2 cm³/mol. The number of nitrogens with one attached hydrogen (secondary N) is 1. The monoisotopic (exact) mass is 362 g/mol. The molecule has 0 radical (unpaired) electrons. The zero-order chi connectivity index (χ0) is 16.3. The van der Waals surface area contributed by atoms with Crippen molar-refractivity contribution in [3.8, 4) is 0 Å². The summed E-state index contributed by atoms with van der Waals surface area (Å²) < 4.78 is 0.299. The van der Waals surface area contributed by atoms with Crippen molar-refractivity contribution in [2.24, 2.45) is 0 Å². The molecule has 6 nitrogen and oxygen atoms in total. The average molecular weight is 363 g/mol. The van der Waals surface area contributed by atoms with Crippen LogP contribution in [0.1, 0.15) is 27.6 Å². The van der Waals surface area contributed by atoms with Crippen LogP contribution in [-0.2, 0) is 0 Å². The number of hydrogen-bond acceptors (Lipinski definition) is 4. The van der Waals surface area contributed by atoms with Crippen LogP contribution in [-0.4, -0.2) is 16.6 Å². The van der Waals surface area contributed by atoms with Gasteiger partial charge in [0.05, 0.1) is 9.40 Å². The van der Waals surface area contributed by atoms with Crippen molar-refractivity contribution in [1.82, 2.24) is 0 Å². The number of nitro groups is 1. The molecule has 1 amide bonds. The molecule has 0 aliphatic heterocycles. The number of ketones is 1. The summed E-state index contributed by atoms with van der Waals surface area (Å²) in [5, 5.41) is 13.5. The van der Waals surface area contributed by atoms with Crippen molar-refractivity contribution in [3.05, 3.63) is 68.2 Å². The third-order valence-electron chi connectivity index (χ3n) is 2.93. The summed E-state index contributed by atoms with van der Waals surface area (Å²) in [5.41, 5.74) is 0.885. The van der Waals surface area contributed by atoms with Crippen LogP contribution in [0.2, 0.25) is 0 Å². The number of Topliss-reactive ketones (excluding diaryl/α,β-unsaturated/α-hetero) is 1. The lowest BCUT2D eigenvalue weighted by atomic mass is 10.1.